The van der Waals surface area contributed by atoms with Crippen LogP contribution in [0.15, 0.2) is 0 Å². The molecule has 1 aliphatic rings. The van der Waals surface area contributed by atoms with E-state index in [1.807, 2.05) is 13.8 Å². The summed E-state index contributed by atoms with van der Waals surface area (Å²) in [6.45, 7) is 3.88. The first-order valence-electron chi connectivity index (χ1n) is 4.69. The average molecular weight is 200 g/mol. The number of aliphatic hydroxyl groups excluding tert-OH is 1. The van der Waals surface area contributed by atoms with Crippen LogP contribution in [0.2, 0.25) is 0 Å². The second-order valence-corrected chi connectivity index (χ2v) is 3.79. The number of likely N-dealkylation sites (N-methyl/N-ethyl adjacent to an activating group) is 1. The van der Waals surface area contributed by atoms with Crippen LogP contribution in [0.4, 0.5) is 4.79 Å². The molecule has 0 bridgehead atoms. The maximum atomic E-state index is 11.6. The Labute approximate surface area is 83.3 Å². The SMILES string of the molecule is CC(C)C1C(=O)N(C)C(=O)N1CCO. The minimum absolute atomic E-state index is 0.0722. The smallest absolute Gasteiger partial charge is 0.327 e. The third kappa shape index (κ3) is 1.59. The van der Waals surface area contributed by atoms with E-state index in [9.17, 15) is 9.59 Å². The summed E-state index contributed by atoms with van der Waals surface area (Å²) in [7, 11) is 1.47. The number of β-amino-alcohol motifs (C(OH)–C–C–N with tert-alkyl or cyclic N) is 1. The molecule has 1 unspecified atom stereocenters. The molecule has 3 amide bonds. The minimum atomic E-state index is -0.417. The number of aliphatic hydroxyl groups is 1. The summed E-state index contributed by atoms with van der Waals surface area (Å²) in [6.07, 6.45) is 0. The van der Waals surface area contributed by atoms with E-state index < -0.39 is 6.04 Å². The van der Waals surface area contributed by atoms with Crippen molar-refractivity contribution in [3.63, 3.8) is 0 Å². The maximum Gasteiger partial charge on any atom is 0.327 e. The van der Waals surface area contributed by atoms with E-state index in [-0.39, 0.29) is 31.0 Å². The van der Waals surface area contributed by atoms with Gasteiger partial charge in [-0.1, -0.05) is 13.8 Å². The molecule has 0 aromatic heterocycles. The van der Waals surface area contributed by atoms with Crippen LogP contribution < -0.4 is 0 Å². The Morgan fingerprint density at radius 2 is 2.00 bits per heavy atom. The van der Waals surface area contributed by atoms with E-state index >= 15 is 0 Å². The molecule has 1 heterocycles. The molecule has 1 saturated heterocycles. The molecule has 1 rings (SSSR count). The van der Waals surface area contributed by atoms with Crippen molar-refractivity contribution in [3.8, 4) is 0 Å². The summed E-state index contributed by atoms with van der Waals surface area (Å²) in [4.78, 5) is 25.7. The summed E-state index contributed by atoms with van der Waals surface area (Å²) in [5.74, 6) is -0.110. The van der Waals surface area contributed by atoms with Gasteiger partial charge in [-0.05, 0) is 5.92 Å². The van der Waals surface area contributed by atoms with Crippen LogP contribution in [0, 0.1) is 5.92 Å². The van der Waals surface area contributed by atoms with Gasteiger partial charge in [-0.2, -0.15) is 0 Å². The highest BCUT2D eigenvalue weighted by Crippen LogP contribution is 2.21. The standard InChI is InChI=1S/C9H16N2O3/c1-6(2)7-8(13)10(3)9(14)11(7)4-5-12/h6-7,12H,4-5H2,1-3H3. The highest BCUT2D eigenvalue weighted by Gasteiger charge is 2.43. The van der Waals surface area contributed by atoms with Gasteiger partial charge in [0.25, 0.3) is 5.91 Å². The van der Waals surface area contributed by atoms with Crippen LogP contribution in [0.3, 0.4) is 0 Å². The van der Waals surface area contributed by atoms with Gasteiger partial charge in [0.1, 0.15) is 6.04 Å². The zero-order valence-corrected chi connectivity index (χ0v) is 8.73. The van der Waals surface area contributed by atoms with Crippen LogP contribution in [-0.2, 0) is 4.79 Å². The monoisotopic (exact) mass is 200 g/mol. The van der Waals surface area contributed by atoms with Gasteiger partial charge >= 0.3 is 6.03 Å². The Morgan fingerprint density at radius 1 is 1.43 bits per heavy atom. The minimum Gasteiger partial charge on any atom is -0.395 e. The molecule has 0 aromatic carbocycles. The number of nitrogens with zero attached hydrogens (tertiary/aromatic N) is 2. The van der Waals surface area contributed by atoms with Crippen molar-refractivity contribution in [1.82, 2.24) is 9.80 Å². The van der Waals surface area contributed by atoms with Gasteiger partial charge in [0.15, 0.2) is 0 Å². The van der Waals surface area contributed by atoms with Crippen molar-refractivity contribution < 1.29 is 14.7 Å². The summed E-state index contributed by atoms with van der Waals surface area (Å²) in [6, 6.07) is -0.734. The van der Waals surface area contributed by atoms with Crippen LogP contribution >= 0.6 is 0 Å². The summed E-state index contributed by atoms with van der Waals surface area (Å²) < 4.78 is 0. The highest BCUT2D eigenvalue weighted by molar-refractivity contribution is 6.04. The van der Waals surface area contributed by atoms with Gasteiger partial charge in [-0.15, -0.1) is 0 Å². The highest BCUT2D eigenvalue weighted by atomic mass is 16.3. The lowest BCUT2D eigenvalue weighted by Crippen LogP contribution is -2.40. The molecule has 0 radical (unpaired) electrons. The van der Waals surface area contributed by atoms with Crippen LogP contribution in [0.1, 0.15) is 13.8 Å². The van der Waals surface area contributed by atoms with E-state index in [1.165, 1.54) is 11.9 Å². The van der Waals surface area contributed by atoms with Crippen LogP contribution in [0.25, 0.3) is 0 Å². The van der Waals surface area contributed by atoms with E-state index in [0.29, 0.717) is 0 Å². The van der Waals surface area contributed by atoms with Crippen molar-refractivity contribution in [1.29, 1.82) is 0 Å². The molecule has 0 aromatic rings. The fraction of sp³-hybridized carbons (Fsp3) is 0.778. The van der Waals surface area contributed by atoms with Gasteiger partial charge in [0.2, 0.25) is 0 Å². The molecule has 1 N–H and O–H groups in total. The first kappa shape index (κ1) is 11.0. The normalized spacial score (nSPS) is 22.8. The van der Waals surface area contributed by atoms with Crippen molar-refractivity contribution in [2.75, 3.05) is 20.2 Å². The number of imide groups is 1. The molecule has 14 heavy (non-hydrogen) atoms. The number of carbonyl (C=O) groups excluding carboxylic acids is 2. The Balaban J connectivity index is 2.89. The quantitative estimate of drug-likeness (QED) is 0.647. The number of amides is 3. The second kappa shape index (κ2) is 3.96. The molecule has 5 heteroatoms. The number of rotatable bonds is 3. The lowest BCUT2D eigenvalue weighted by atomic mass is 10.0. The fourth-order valence-electron chi connectivity index (χ4n) is 1.73. The van der Waals surface area contributed by atoms with Crippen molar-refractivity contribution in [2.45, 2.75) is 19.9 Å². The lowest BCUT2D eigenvalue weighted by Gasteiger charge is -2.23. The Hall–Kier alpha value is -1.10. The second-order valence-electron chi connectivity index (χ2n) is 3.79. The zero-order valence-electron chi connectivity index (χ0n) is 8.73. The van der Waals surface area contributed by atoms with Gasteiger partial charge in [0.05, 0.1) is 6.61 Å². The molecule has 0 spiro atoms. The average Bonchev–Trinajstić information content (AvgIpc) is 2.32. The summed E-state index contributed by atoms with van der Waals surface area (Å²) in [5.41, 5.74) is 0. The van der Waals surface area contributed by atoms with Crippen molar-refractivity contribution in [2.24, 2.45) is 5.92 Å². The predicted molar refractivity (Wildman–Crippen MR) is 50.6 cm³/mol. The first-order valence-corrected chi connectivity index (χ1v) is 4.69. The predicted octanol–water partition coefficient (Wildman–Crippen LogP) is -0.103. The fourth-order valence-corrected chi connectivity index (χ4v) is 1.73. The summed E-state index contributed by atoms with van der Waals surface area (Å²) >= 11 is 0. The number of carbonyl (C=O) groups is 2. The number of urea groups is 1. The van der Waals surface area contributed by atoms with E-state index in [0.717, 1.165) is 4.90 Å². The third-order valence-electron chi connectivity index (χ3n) is 2.42. The van der Waals surface area contributed by atoms with E-state index in [1.54, 1.807) is 0 Å². The van der Waals surface area contributed by atoms with E-state index in [4.69, 9.17) is 5.11 Å². The topological polar surface area (TPSA) is 60.9 Å². The lowest BCUT2D eigenvalue weighted by molar-refractivity contribution is -0.128. The van der Waals surface area contributed by atoms with Gasteiger partial charge in [0, 0.05) is 13.6 Å². The Kier molecular flexibility index (Phi) is 3.10. The Bertz CT molecular complexity index is 252. The van der Waals surface area contributed by atoms with Gasteiger partial charge in [-0.25, -0.2) is 4.79 Å². The molecule has 80 valence electrons. The maximum absolute atomic E-state index is 11.6. The van der Waals surface area contributed by atoms with Crippen molar-refractivity contribution in [3.05, 3.63) is 0 Å². The number of hydrogen-bond acceptors (Lipinski definition) is 3. The largest absolute Gasteiger partial charge is 0.395 e. The van der Waals surface area contributed by atoms with Crippen LogP contribution in [0.5, 0.6) is 0 Å². The molecular weight excluding hydrogens is 184 g/mol. The van der Waals surface area contributed by atoms with Crippen LogP contribution in [-0.4, -0.2) is 53.1 Å². The Morgan fingerprint density at radius 3 is 2.43 bits per heavy atom. The number of hydrogen-bond donors (Lipinski definition) is 1. The molecule has 1 aliphatic heterocycles. The molecule has 0 saturated carbocycles. The third-order valence-corrected chi connectivity index (χ3v) is 2.42. The molecule has 0 aliphatic carbocycles. The van der Waals surface area contributed by atoms with Gasteiger partial charge in [-0.3, -0.25) is 9.69 Å². The van der Waals surface area contributed by atoms with Crippen molar-refractivity contribution >= 4 is 11.9 Å². The molecular formula is C9H16N2O3. The van der Waals surface area contributed by atoms with Gasteiger partial charge < -0.3 is 10.0 Å². The molecule has 1 fully saturated rings. The summed E-state index contributed by atoms with van der Waals surface area (Å²) in [5, 5.41) is 8.79. The van der Waals surface area contributed by atoms with E-state index in [2.05, 4.69) is 0 Å². The first-order chi connectivity index (χ1) is 6.50. The molecule has 5 nitrogen and oxygen atoms in total. The molecule has 1 atom stereocenters. The zero-order chi connectivity index (χ0) is 10.9.